The first-order valence-electron chi connectivity index (χ1n) is 12.9. The third-order valence-corrected chi connectivity index (χ3v) is 5.36. The van der Waals surface area contributed by atoms with Gasteiger partial charge in [0.05, 0.1) is 26.4 Å². The molecule has 15 heteroatoms. The largest absolute Gasteiger partial charge is 0.460 e. The summed E-state index contributed by atoms with van der Waals surface area (Å²) in [4.78, 5) is 47.6. The van der Waals surface area contributed by atoms with E-state index in [9.17, 15) is 39.6 Å². The standard InChI is InChI=1S/C27H40O15/c1-14(2)24(32)39-11-17(29)8-36-21-20(7-28)42-27(35)23(38-10-19(31)13-41-26(34)16(5)6)22(21)37-9-18(30)12-40-25(33)15(3)4/h17-23,28-31H,1,3,5,7-13H2,2,4,6H3/t17?,18?,19?,20-,21-,22+,23-/m1/s1. The summed E-state index contributed by atoms with van der Waals surface area (Å²) < 4.78 is 36.7. The minimum absolute atomic E-state index is 0.103. The molecule has 3 unspecified atom stereocenters. The number of cyclic esters (lactones) is 1. The van der Waals surface area contributed by atoms with Crippen molar-refractivity contribution >= 4 is 23.9 Å². The summed E-state index contributed by atoms with van der Waals surface area (Å²) >= 11 is 0. The van der Waals surface area contributed by atoms with Crippen LogP contribution in [-0.2, 0) is 52.3 Å². The molecule has 0 aliphatic carbocycles. The zero-order valence-electron chi connectivity index (χ0n) is 23.9. The molecule has 42 heavy (non-hydrogen) atoms. The van der Waals surface area contributed by atoms with Gasteiger partial charge in [-0.15, -0.1) is 0 Å². The molecule has 1 fully saturated rings. The molecule has 238 valence electrons. The van der Waals surface area contributed by atoms with Crippen LogP contribution in [-0.4, -0.2) is 133 Å². The Morgan fingerprint density at radius 3 is 1.40 bits per heavy atom. The molecular weight excluding hydrogens is 564 g/mol. The van der Waals surface area contributed by atoms with E-state index in [1.165, 1.54) is 20.8 Å². The molecule has 0 saturated carbocycles. The maximum atomic E-state index is 12.8. The minimum Gasteiger partial charge on any atom is -0.460 e. The van der Waals surface area contributed by atoms with Crippen LogP contribution in [0.2, 0.25) is 0 Å². The number of esters is 4. The first-order valence-corrected chi connectivity index (χ1v) is 12.9. The average Bonchev–Trinajstić information content (AvgIpc) is 2.94. The molecule has 4 N–H and O–H groups in total. The molecule has 0 amide bonds. The number of rotatable bonds is 19. The highest BCUT2D eigenvalue weighted by Crippen LogP contribution is 2.25. The number of aliphatic hydroxyl groups is 4. The van der Waals surface area contributed by atoms with Crippen LogP contribution in [0.15, 0.2) is 36.5 Å². The van der Waals surface area contributed by atoms with E-state index in [0.29, 0.717) is 0 Å². The van der Waals surface area contributed by atoms with Crippen LogP contribution in [0.1, 0.15) is 20.8 Å². The number of carbonyl (C=O) groups is 4. The Hall–Kier alpha value is -3.18. The lowest BCUT2D eigenvalue weighted by Gasteiger charge is -2.41. The number of ether oxygens (including phenoxy) is 7. The van der Waals surface area contributed by atoms with Gasteiger partial charge in [-0.3, -0.25) is 0 Å². The highest BCUT2D eigenvalue weighted by molar-refractivity contribution is 5.87. The summed E-state index contributed by atoms with van der Waals surface area (Å²) in [5.41, 5.74) is 0.317. The molecule has 0 aromatic rings. The highest BCUT2D eigenvalue weighted by atomic mass is 16.6. The van der Waals surface area contributed by atoms with Gasteiger partial charge in [-0.25, -0.2) is 19.2 Å². The lowest BCUT2D eigenvalue weighted by molar-refractivity contribution is -0.241. The Morgan fingerprint density at radius 2 is 1.05 bits per heavy atom. The van der Waals surface area contributed by atoms with Crippen LogP contribution in [0, 0.1) is 0 Å². The van der Waals surface area contributed by atoms with Gasteiger partial charge in [0, 0.05) is 16.7 Å². The Morgan fingerprint density at radius 1 is 0.690 bits per heavy atom. The van der Waals surface area contributed by atoms with Gasteiger partial charge < -0.3 is 53.6 Å². The molecule has 1 saturated heterocycles. The van der Waals surface area contributed by atoms with Crippen LogP contribution in [0.25, 0.3) is 0 Å². The normalized spacial score (nSPS) is 22.2. The second kappa shape index (κ2) is 18.4. The molecular formula is C27H40O15. The molecule has 1 rings (SSSR count). The fourth-order valence-corrected chi connectivity index (χ4v) is 3.18. The van der Waals surface area contributed by atoms with Crippen molar-refractivity contribution in [2.75, 3.05) is 46.2 Å². The van der Waals surface area contributed by atoms with E-state index in [0.717, 1.165) is 0 Å². The molecule has 0 aromatic heterocycles. The quantitative estimate of drug-likeness (QED) is 0.0750. The molecule has 1 aliphatic rings. The smallest absolute Gasteiger partial charge is 0.338 e. The number of aliphatic hydroxyl groups excluding tert-OH is 4. The zero-order chi connectivity index (χ0) is 32.0. The lowest BCUT2D eigenvalue weighted by atomic mass is 9.99. The van der Waals surface area contributed by atoms with Gasteiger partial charge in [-0.1, -0.05) is 19.7 Å². The molecule has 1 aliphatic heterocycles. The predicted molar refractivity (Wildman–Crippen MR) is 142 cm³/mol. The molecule has 0 aromatic carbocycles. The van der Waals surface area contributed by atoms with Crippen LogP contribution in [0.3, 0.4) is 0 Å². The number of hydrogen-bond donors (Lipinski definition) is 4. The van der Waals surface area contributed by atoms with Crippen LogP contribution in [0.5, 0.6) is 0 Å². The van der Waals surface area contributed by atoms with Crippen molar-refractivity contribution in [3.05, 3.63) is 36.5 Å². The van der Waals surface area contributed by atoms with Crippen LogP contribution < -0.4 is 0 Å². The Bertz CT molecular complexity index is 977. The Balaban J connectivity index is 3.02. The second-order valence-corrected chi connectivity index (χ2v) is 9.61. The van der Waals surface area contributed by atoms with Gasteiger partial charge in [0.2, 0.25) is 0 Å². The van der Waals surface area contributed by atoms with E-state index in [1.807, 2.05) is 0 Å². The van der Waals surface area contributed by atoms with Gasteiger partial charge in [-0.2, -0.15) is 0 Å². The SMILES string of the molecule is C=C(C)C(=O)OCC(O)CO[C@H]1[C@H](OCC(O)COC(=O)C(=C)C)[C@@H](OCC(O)COC(=O)C(=C)C)C(=O)O[C@@H]1CO. The highest BCUT2D eigenvalue weighted by Gasteiger charge is 2.49. The molecule has 0 spiro atoms. The van der Waals surface area contributed by atoms with Crippen molar-refractivity contribution in [3.8, 4) is 0 Å². The van der Waals surface area contributed by atoms with Crippen molar-refractivity contribution in [1.29, 1.82) is 0 Å². The van der Waals surface area contributed by atoms with Gasteiger partial charge in [-0.05, 0) is 20.8 Å². The third-order valence-electron chi connectivity index (χ3n) is 5.36. The summed E-state index contributed by atoms with van der Waals surface area (Å²) in [6.07, 6.45) is -9.70. The van der Waals surface area contributed by atoms with Gasteiger partial charge in [0.25, 0.3) is 0 Å². The Labute approximate surface area is 243 Å². The minimum atomic E-state index is -1.59. The van der Waals surface area contributed by atoms with Gasteiger partial charge >= 0.3 is 23.9 Å². The van der Waals surface area contributed by atoms with E-state index in [2.05, 4.69) is 19.7 Å². The summed E-state index contributed by atoms with van der Waals surface area (Å²) in [5, 5.41) is 40.5. The first-order chi connectivity index (χ1) is 19.7. The maximum absolute atomic E-state index is 12.8. The van der Waals surface area contributed by atoms with Gasteiger partial charge in [0.1, 0.15) is 50.3 Å². The monoisotopic (exact) mass is 604 g/mol. The number of hydrogen-bond acceptors (Lipinski definition) is 15. The summed E-state index contributed by atoms with van der Waals surface area (Å²) in [6, 6.07) is 0. The van der Waals surface area contributed by atoms with E-state index in [1.54, 1.807) is 0 Å². The summed E-state index contributed by atoms with van der Waals surface area (Å²) in [7, 11) is 0. The van der Waals surface area contributed by atoms with Crippen LogP contribution >= 0.6 is 0 Å². The molecule has 0 radical (unpaired) electrons. The van der Waals surface area contributed by atoms with Crippen molar-refractivity contribution < 1.29 is 72.8 Å². The summed E-state index contributed by atoms with van der Waals surface area (Å²) in [6.45, 7) is 10.8. The van der Waals surface area contributed by atoms with Gasteiger partial charge in [0.15, 0.2) is 12.2 Å². The lowest BCUT2D eigenvalue weighted by Crippen LogP contribution is -2.60. The van der Waals surface area contributed by atoms with Crippen molar-refractivity contribution in [1.82, 2.24) is 0 Å². The second-order valence-electron chi connectivity index (χ2n) is 9.61. The average molecular weight is 605 g/mol. The summed E-state index contributed by atoms with van der Waals surface area (Å²) in [5.74, 6) is -3.25. The maximum Gasteiger partial charge on any atom is 0.338 e. The fraction of sp³-hybridized carbons (Fsp3) is 0.630. The third kappa shape index (κ3) is 12.8. The van der Waals surface area contributed by atoms with Crippen molar-refractivity contribution in [2.45, 2.75) is 63.5 Å². The fourth-order valence-electron chi connectivity index (χ4n) is 3.18. The van der Waals surface area contributed by atoms with Crippen LogP contribution in [0.4, 0.5) is 0 Å². The van der Waals surface area contributed by atoms with Crippen molar-refractivity contribution in [2.24, 2.45) is 0 Å². The van der Waals surface area contributed by atoms with E-state index < -0.39 is 113 Å². The molecule has 7 atom stereocenters. The van der Waals surface area contributed by atoms with E-state index in [4.69, 9.17) is 33.2 Å². The zero-order valence-corrected chi connectivity index (χ0v) is 23.9. The van der Waals surface area contributed by atoms with Crippen molar-refractivity contribution in [3.63, 3.8) is 0 Å². The molecule has 1 heterocycles. The Kier molecular flexibility index (Phi) is 16.1. The van der Waals surface area contributed by atoms with E-state index >= 15 is 0 Å². The predicted octanol–water partition coefficient (Wildman–Crippen LogP) is -1.50. The van der Waals surface area contributed by atoms with E-state index in [-0.39, 0.29) is 16.7 Å². The first kappa shape index (κ1) is 36.8. The molecule has 0 bridgehead atoms. The number of carbonyl (C=O) groups excluding carboxylic acids is 4. The molecule has 15 nitrogen and oxygen atoms in total. The topological polar surface area (TPSA) is 214 Å².